The molecule has 5 nitrogen and oxygen atoms in total. The molecule has 4 aromatic carbocycles. The standard InChI is InChI=1S/C27H24N2O3/c1-20(32-26-15-14-23-11-5-6-12-24(23)17-26)27(30)29-28-18-22-10-7-13-25(16-22)31-19-21-8-3-2-4-9-21/h2-18,20H,19H2,1H3,(H,29,30)/b28-18-/t20-/m0/s1. The Labute approximate surface area is 187 Å². The van der Waals surface area contributed by atoms with Gasteiger partial charge in [-0.15, -0.1) is 0 Å². The highest BCUT2D eigenvalue weighted by molar-refractivity contribution is 5.85. The van der Waals surface area contributed by atoms with Crippen LogP contribution in [0.4, 0.5) is 0 Å². The van der Waals surface area contributed by atoms with Crippen LogP contribution >= 0.6 is 0 Å². The first kappa shape index (κ1) is 21.1. The fraction of sp³-hybridized carbons (Fsp3) is 0.111. The summed E-state index contributed by atoms with van der Waals surface area (Å²) in [6.07, 6.45) is 0.893. The molecule has 0 radical (unpaired) electrons. The highest BCUT2D eigenvalue weighted by atomic mass is 16.5. The van der Waals surface area contributed by atoms with Crippen molar-refractivity contribution < 1.29 is 14.3 Å². The SMILES string of the molecule is C[C@H](Oc1ccc2ccccc2c1)C(=O)N/N=C\c1cccc(OCc2ccccc2)c1. The molecule has 5 heteroatoms. The summed E-state index contributed by atoms with van der Waals surface area (Å²) in [5, 5.41) is 6.24. The van der Waals surface area contributed by atoms with Gasteiger partial charge in [-0.05, 0) is 53.1 Å². The maximum Gasteiger partial charge on any atom is 0.280 e. The molecule has 0 fully saturated rings. The lowest BCUT2D eigenvalue weighted by molar-refractivity contribution is -0.127. The number of fused-ring (bicyclic) bond motifs is 1. The third-order valence-electron chi connectivity index (χ3n) is 4.90. The average molecular weight is 425 g/mol. The summed E-state index contributed by atoms with van der Waals surface area (Å²) in [5.74, 6) is 1.04. The van der Waals surface area contributed by atoms with Crippen LogP contribution in [0.5, 0.6) is 11.5 Å². The molecule has 0 aromatic heterocycles. The number of hydrogen-bond donors (Lipinski definition) is 1. The number of benzene rings is 4. The lowest BCUT2D eigenvalue weighted by atomic mass is 10.1. The van der Waals surface area contributed by atoms with Crippen molar-refractivity contribution >= 4 is 22.9 Å². The molecule has 0 saturated carbocycles. The van der Waals surface area contributed by atoms with E-state index in [4.69, 9.17) is 9.47 Å². The summed E-state index contributed by atoms with van der Waals surface area (Å²) in [6.45, 7) is 2.18. The number of nitrogens with one attached hydrogen (secondary N) is 1. The van der Waals surface area contributed by atoms with Crippen molar-refractivity contribution in [1.29, 1.82) is 0 Å². The lowest BCUT2D eigenvalue weighted by Gasteiger charge is -2.13. The Morgan fingerprint density at radius 2 is 1.66 bits per heavy atom. The van der Waals surface area contributed by atoms with Crippen molar-refractivity contribution in [2.45, 2.75) is 19.6 Å². The van der Waals surface area contributed by atoms with Crippen molar-refractivity contribution in [3.05, 3.63) is 108 Å². The first-order valence-corrected chi connectivity index (χ1v) is 10.4. The Morgan fingerprint density at radius 3 is 2.50 bits per heavy atom. The van der Waals surface area contributed by atoms with Gasteiger partial charge in [0, 0.05) is 0 Å². The zero-order chi connectivity index (χ0) is 22.2. The predicted molar refractivity (Wildman–Crippen MR) is 127 cm³/mol. The number of hydrogen-bond acceptors (Lipinski definition) is 4. The number of ether oxygens (including phenoxy) is 2. The Hall–Kier alpha value is -4.12. The molecular formula is C27H24N2O3. The fourth-order valence-corrected chi connectivity index (χ4v) is 3.19. The van der Waals surface area contributed by atoms with E-state index >= 15 is 0 Å². The molecule has 32 heavy (non-hydrogen) atoms. The monoisotopic (exact) mass is 424 g/mol. The minimum absolute atomic E-state index is 0.328. The largest absolute Gasteiger partial charge is 0.489 e. The quantitative estimate of drug-likeness (QED) is 0.307. The molecule has 0 saturated heterocycles. The third-order valence-corrected chi connectivity index (χ3v) is 4.90. The second kappa shape index (κ2) is 10.3. The van der Waals surface area contributed by atoms with Crippen molar-refractivity contribution in [2.75, 3.05) is 0 Å². The fourth-order valence-electron chi connectivity index (χ4n) is 3.19. The highest BCUT2D eigenvalue weighted by Gasteiger charge is 2.14. The second-order valence-electron chi connectivity index (χ2n) is 7.35. The van der Waals surface area contributed by atoms with Gasteiger partial charge in [-0.3, -0.25) is 4.79 Å². The van der Waals surface area contributed by atoms with E-state index in [9.17, 15) is 4.79 Å². The number of rotatable bonds is 8. The first-order chi connectivity index (χ1) is 15.7. The molecular weight excluding hydrogens is 400 g/mol. The van der Waals surface area contributed by atoms with Gasteiger partial charge in [-0.25, -0.2) is 5.43 Å². The van der Waals surface area contributed by atoms with Crippen LogP contribution in [-0.2, 0) is 11.4 Å². The number of hydrazone groups is 1. The maximum atomic E-state index is 12.4. The Bertz CT molecular complexity index is 1220. The van der Waals surface area contributed by atoms with Gasteiger partial charge in [0.05, 0.1) is 6.21 Å². The van der Waals surface area contributed by atoms with E-state index in [-0.39, 0.29) is 5.91 Å². The number of nitrogens with zero attached hydrogens (tertiary/aromatic N) is 1. The predicted octanol–water partition coefficient (Wildman–Crippen LogP) is 5.34. The molecule has 0 spiro atoms. The van der Waals surface area contributed by atoms with Gasteiger partial charge < -0.3 is 9.47 Å². The van der Waals surface area contributed by atoms with Crippen molar-refractivity contribution in [1.82, 2.24) is 5.43 Å². The molecule has 0 heterocycles. The summed E-state index contributed by atoms with van der Waals surface area (Å²) in [6, 6.07) is 31.2. The van der Waals surface area contributed by atoms with E-state index in [1.54, 1.807) is 13.1 Å². The smallest absolute Gasteiger partial charge is 0.280 e. The van der Waals surface area contributed by atoms with Gasteiger partial charge in [0.1, 0.15) is 18.1 Å². The highest BCUT2D eigenvalue weighted by Crippen LogP contribution is 2.21. The number of amides is 1. The molecule has 1 atom stereocenters. The molecule has 0 aliphatic heterocycles. The van der Waals surface area contributed by atoms with Crippen molar-refractivity contribution in [2.24, 2.45) is 5.10 Å². The molecule has 0 unspecified atom stereocenters. The van der Waals surface area contributed by atoms with E-state index in [1.807, 2.05) is 97.1 Å². The second-order valence-corrected chi connectivity index (χ2v) is 7.35. The normalized spacial score (nSPS) is 11.9. The molecule has 4 aromatic rings. The van der Waals surface area contributed by atoms with E-state index in [0.717, 1.165) is 27.6 Å². The van der Waals surface area contributed by atoms with Gasteiger partial charge in [-0.2, -0.15) is 5.10 Å². The zero-order valence-electron chi connectivity index (χ0n) is 17.8. The van der Waals surface area contributed by atoms with Crippen LogP contribution in [0, 0.1) is 0 Å². The summed E-state index contributed by atoms with van der Waals surface area (Å²) < 4.78 is 11.6. The van der Waals surface area contributed by atoms with E-state index in [0.29, 0.717) is 12.4 Å². The summed E-state index contributed by atoms with van der Waals surface area (Å²) in [4.78, 5) is 12.4. The summed E-state index contributed by atoms with van der Waals surface area (Å²) in [7, 11) is 0. The number of carbonyl (C=O) groups is 1. The van der Waals surface area contributed by atoms with E-state index in [1.165, 1.54) is 0 Å². The molecule has 1 N–H and O–H groups in total. The van der Waals surface area contributed by atoms with Crippen LogP contribution in [0.3, 0.4) is 0 Å². The zero-order valence-corrected chi connectivity index (χ0v) is 17.8. The Balaban J connectivity index is 1.30. The lowest BCUT2D eigenvalue weighted by Crippen LogP contribution is -2.33. The van der Waals surface area contributed by atoms with Gasteiger partial charge >= 0.3 is 0 Å². The summed E-state index contributed by atoms with van der Waals surface area (Å²) in [5.41, 5.74) is 4.45. The summed E-state index contributed by atoms with van der Waals surface area (Å²) >= 11 is 0. The molecule has 0 aliphatic carbocycles. The van der Waals surface area contributed by atoms with Crippen molar-refractivity contribution in [3.8, 4) is 11.5 Å². The molecule has 0 bridgehead atoms. The van der Waals surface area contributed by atoms with Crippen LogP contribution in [0.15, 0.2) is 102 Å². The van der Waals surface area contributed by atoms with E-state index < -0.39 is 6.10 Å². The van der Waals surface area contributed by atoms with Gasteiger partial charge in [0.25, 0.3) is 5.91 Å². The van der Waals surface area contributed by atoms with Crippen LogP contribution in [0.1, 0.15) is 18.1 Å². The minimum atomic E-state index is -0.686. The third kappa shape index (κ3) is 5.73. The molecule has 160 valence electrons. The van der Waals surface area contributed by atoms with Crippen LogP contribution in [0.2, 0.25) is 0 Å². The van der Waals surface area contributed by atoms with Crippen LogP contribution < -0.4 is 14.9 Å². The topological polar surface area (TPSA) is 59.9 Å². The van der Waals surface area contributed by atoms with Gasteiger partial charge in [0.2, 0.25) is 0 Å². The molecule has 1 amide bonds. The first-order valence-electron chi connectivity index (χ1n) is 10.4. The Kier molecular flexibility index (Phi) is 6.78. The minimum Gasteiger partial charge on any atom is -0.489 e. The average Bonchev–Trinajstić information content (AvgIpc) is 2.83. The van der Waals surface area contributed by atoms with Gasteiger partial charge in [0.15, 0.2) is 6.10 Å². The number of carbonyl (C=O) groups excluding carboxylic acids is 1. The Morgan fingerprint density at radius 1 is 0.875 bits per heavy atom. The van der Waals surface area contributed by atoms with E-state index in [2.05, 4.69) is 10.5 Å². The van der Waals surface area contributed by atoms with Crippen LogP contribution in [-0.4, -0.2) is 18.2 Å². The molecule has 4 rings (SSSR count). The molecule has 0 aliphatic rings. The maximum absolute atomic E-state index is 12.4. The van der Waals surface area contributed by atoms with Gasteiger partial charge in [-0.1, -0.05) is 72.8 Å². The van der Waals surface area contributed by atoms with Crippen LogP contribution in [0.25, 0.3) is 10.8 Å². The van der Waals surface area contributed by atoms with Crippen molar-refractivity contribution in [3.63, 3.8) is 0 Å².